The average molecular weight is 223 g/mol. The molecule has 0 unspecified atom stereocenters. The van der Waals surface area contributed by atoms with Gasteiger partial charge in [-0.15, -0.1) is 10.2 Å². The van der Waals surface area contributed by atoms with Crippen LogP contribution in [0, 0.1) is 0 Å². The van der Waals surface area contributed by atoms with Crippen LogP contribution in [0.25, 0.3) is 0 Å². The van der Waals surface area contributed by atoms with Crippen molar-refractivity contribution >= 4 is 0 Å². The zero-order valence-electron chi connectivity index (χ0n) is 10.4. The molecule has 0 atom stereocenters. The molecule has 0 saturated carbocycles. The molecule has 0 spiro atoms. The van der Waals surface area contributed by atoms with E-state index in [1.807, 2.05) is 6.92 Å². The van der Waals surface area contributed by atoms with Crippen molar-refractivity contribution in [3.8, 4) is 0 Å². The molecule has 4 heteroatoms. The molecule has 1 aliphatic heterocycles. The van der Waals surface area contributed by atoms with E-state index in [0.717, 1.165) is 44.1 Å². The van der Waals surface area contributed by atoms with E-state index in [9.17, 15) is 0 Å². The molecule has 1 aromatic heterocycles. The van der Waals surface area contributed by atoms with Crippen LogP contribution in [0.3, 0.4) is 0 Å². The Balaban J connectivity index is 1.93. The lowest BCUT2D eigenvalue weighted by atomic mass is 9.96. The summed E-state index contributed by atoms with van der Waals surface area (Å²) in [6.07, 6.45) is 3.12. The van der Waals surface area contributed by atoms with Gasteiger partial charge in [-0.2, -0.15) is 0 Å². The number of rotatable bonds is 3. The van der Waals surface area contributed by atoms with Gasteiger partial charge in [0.2, 0.25) is 11.8 Å². The third kappa shape index (κ3) is 2.43. The van der Waals surface area contributed by atoms with Crippen molar-refractivity contribution in [2.45, 2.75) is 52.0 Å². The van der Waals surface area contributed by atoms with Crippen LogP contribution in [0.15, 0.2) is 4.42 Å². The first kappa shape index (κ1) is 11.6. The van der Waals surface area contributed by atoms with Gasteiger partial charge in [0, 0.05) is 18.4 Å². The van der Waals surface area contributed by atoms with E-state index in [-0.39, 0.29) is 0 Å². The summed E-state index contributed by atoms with van der Waals surface area (Å²) in [5.41, 5.74) is 0. The van der Waals surface area contributed by atoms with Crippen molar-refractivity contribution in [1.82, 2.24) is 15.1 Å². The molecular formula is C12H21N3O. The molecule has 1 fully saturated rings. The summed E-state index contributed by atoms with van der Waals surface area (Å²) in [7, 11) is 0. The highest BCUT2D eigenvalue weighted by molar-refractivity contribution is 4.94. The molecule has 1 aliphatic rings. The summed E-state index contributed by atoms with van der Waals surface area (Å²) < 4.78 is 5.63. The molecule has 0 aliphatic carbocycles. The fourth-order valence-corrected chi connectivity index (χ4v) is 2.24. The Morgan fingerprint density at radius 1 is 1.31 bits per heavy atom. The lowest BCUT2D eigenvalue weighted by molar-refractivity contribution is 0.162. The second-order valence-electron chi connectivity index (χ2n) is 4.79. The van der Waals surface area contributed by atoms with Crippen LogP contribution in [-0.4, -0.2) is 34.2 Å². The highest BCUT2D eigenvalue weighted by Gasteiger charge is 2.25. The number of nitrogens with zero attached hydrogens (tertiary/aromatic N) is 3. The number of aryl methyl sites for hydroxylation is 1. The van der Waals surface area contributed by atoms with E-state index in [2.05, 4.69) is 28.9 Å². The normalized spacial score (nSPS) is 19.5. The third-order valence-corrected chi connectivity index (χ3v) is 3.39. The SMILES string of the molecule is CCc1nnc(C2CCN(C(C)C)CC2)o1. The first-order valence-corrected chi connectivity index (χ1v) is 6.27. The summed E-state index contributed by atoms with van der Waals surface area (Å²) in [6, 6.07) is 0.648. The Bertz CT molecular complexity index is 327. The molecule has 0 amide bonds. The van der Waals surface area contributed by atoms with Crippen LogP contribution in [-0.2, 0) is 6.42 Å². The molecule has 90 valence electrons. The summed E-state index contributed by atoms with van der Waals surface area (Å²) in [5, 5.41) is 8.18. The van der Waals surface area contributed by atoms with Gasteiger partial charge in [0.25, 0.3) is 0 Å². The second-order valence-corrected chi connectivity index (χ2v) is 4.79. The Morgan fingerprint density at radius 3 is 2.50 bits per heavy atom. The first-order chi connectivity index (χ1) is 7.70. The monoisotopic (exact) mass is 223 g/mol. The highest BCUT2D eigenvalue weighted by Crippen LogP contribution is 2.27. The molecule has 4 nitrogen and oxygen atoms in total. The number of hydrogen-bond acceptors (Lipinski definition) is 4. The standard InChI is InChI=1S/C12H21N3O/c1-4-11-13-14-12(16-11)10-5-7-15(8-6-10)9(2)3/h9-10H,4-8H2,1-3H3. The summed E-state index contributed by atoms with van der Waals surface area (Å²) >= 11 is 0. The van der Waals surface area contributed by atoms with E-state index in [1.54, 1.807) is 0 Å². The zero-order valence-corrected chi connectivity index (χ0v) is 10.4. The predicted molar refractivity (Wildman–Crippen MR) is 62.4 cm³/mol. The molecule has 0 aromatic carbocycles. The molecule has 1 saturated heterocycles. The van der Waals surface area contributed by atoms with Gasteiger partial charge >= 0.3 is 0 Å². The summed E-state index contributed by atoms with van der Waals surface area (Å²) in [4.78, 5) is 2.51. The third-order valence-electron chi connectivity index (χ3n) is 3.39. The number of aromatic nitrogens is 2. The maximum Gasteiger partial charge on any atom is 0.219 e. The Labute approximate surface area is 97.0 Å². The van der Waals surface area contributed by atoms with Crippen LogP contribution < -0.4 is 0 Å². The molecule has 2 heterocycles. The molecule has 2 rings (SSSR count). The predicted octanol–water partition coefficient (Wildman–Crippen LogP) is 2.22. The fourth-order valence-electron chi connectivity index (χ4n) is 2.24. The summed E-state index contributed by atoms with van der Waals surface area (Å²) in [6.45, 7) is 8.83. The zero-order chi connectivity index (χ0) is 11.5. The minimum atomic E-state index is 0.475. The quantitative estimate of drug-likeness (QED) is 0.788. The van der Waals surface area contributed by atoms with Gasteiger partial charge in [0.1, 0.15) is 0 Å². The molecule has 0 radical (unpaired) electrons. The van der Waals surface area contributed by atoms with Crippen LogP contribution in [0.1, 0.15) is 51.3 Å². The van der Waals surface area contributed by atoms with Crippen molar-refractivity contribution in [3.05, 3.63) is 11.8 Å². The van der Waals surface area contributed by atoms with Gasteiger partial charge in [0.05, 0.1) is 0 Å². The Hall–Kier alpha value is -0.900. The van der Waals surface area contributed by atoms with E-state index in [0.29, 0.717) is 12.0 Å². The minimum Gasteiger partial charge on any atom is -0.425 e. The average Bonchev–Trinajstić information content (AvgIpc) is 2.77. The number of hydrogen-bond donors (Lipinski definition) is 0. The first-order valence-electron chi connectivity index (χ1n) is 6.27. The summed E-state index contributed by atoms with van der Waals surface area (Å²) in [5.74, 6) is 2.09. The van der Waals surface area contributed by atoms with Crippen LogP contribution in [0.5, 0.6) is 0 Å². The smallest absolute Gasteiger partial charge is 0.219 e. The van der Waals surface area contributed by atoms with Crippen molar-refractivity contribution in [1.29, 1.82) is 0 Å². The van der Waals surface area contributed by atoms with Gasteiger partial charge < -0.3 is 9.32 Å². The minimum absolute atomic E-state index is 0.475. The van der Waals surface area contributed by atoms with Gasteiger partial charge in [-0.3, -0.25) is 0 Å². The molecular weight excluding hydrogens is 202 g/mol. The fraction of sp³-hybridized carbons (Fsp3) is 0.833. The highest BCUT2D eigenvalue weighted by atomic mass is 16.4. The Kier molecular flexibility index (Phi) is 3.59. The van der Waals surface area contributed by atoms with Gasteiger partial charge in [-0.05, 0) is 39.8 Å². The molecule has 0 N–H and O–H groups in total. The van der Waals surface area contributed by atoms with Gasteiger partial charge in [-0.1, -0.05) is 6.92 Å². The van der Waals surface area contributed by atoms with E-state index in [1.165, 1.54) is 0 Å². The molecule has 0 bridgehead atoms. The topological polar surface area (TPSA) is 42.2 Å². The second kappa shape index (κ2) is 4.95. The van der Waals surface area contributed by atoms with E-state index in [4.69, 9.17) is 4.42 Å². The van der Waals surface area contributed by atoms with Crippen molar-refractivity contribution in [2.24, 2.45) is 0 Å². The van der Waals surface area contributed by atoms with Crippen LogP contribution >= 0.6 is 0 Å². The van der Waals surface area contributed by atoms with E-state index < -0.39 is 0 Å². The lowest BCUT2D eigenvalue weighted by Gasteiger charge is -2.33. The van der Waals surface area contributed by atoms with Crippen molar-refractivity contribution in [3.63, 3.8) is 0 Å². The molecule has 1 aromatic rings. The van der Waals surface area contributed by atoms with Crippen molar-refractivity contribution in [2.75, 3.05) is 13.1 Å². The largest absolute Gasteiger partial charge is 0.425 e. The Morgan fingerprint density at radius 2 is 2.00 bits per heavy atom. The van der Waals surface area contributed by atoms with E-state index >= 15 is 0 Å². The maximum atomic E-state index is 5.63. The molecule has 16 heavy (non-hydrogen) atoms. The van der Waals surface area contributed by atoms with Gasteiger partial charge in [0.15, 0.2) is 0 Å². The number of likely N-dealkylation sites (tertiary alicyclic amines) is 1. The maximum absolute atomic E-state index is 5.63. The van der Waals surface area contributed by atoms with Crippen molar-refractivity contribution < 1.29 is 4.42 Å². The number of piperidine rings is 1. The van der Waals surface area contributed by atoms with Gasteiger partial charge in [-0.25, -0.2) is 0 Å². The van der Waals surface area contributed by atoms with Crippen LogP contribution in [0.4, 0.5) is 0 Å². The van der Waals surface area contributed by atoms with Crippen LogP contribution in [0.2, 0.25) is 0 Å². The lowest BCUT2D eigenvalue weighted by Crippen LogP contribution is -2.37.